The number of benzene rings is 2. The van der Waals surface area contributed by atoms with Gasteiger partial charge < -0.3 is 14.8 Å². The van der Waals surface area contributed by atoms with Crippen LogP contribution in [0.5, 0.6) is 17.5 Å². The van der Waals surface area contributed by atoms with Crippen LogP contribution in [-0.4, -0.2) is 31.8 Å². The molecule has 0 atom stereocenters. The average molecular weight is 475 g/mol. The Morgan fingerprint density at radius 3 is 2.47 bits per heavy atom. The van der Waals surface area contributed by atoms with E-state index in [9.17, 15) is 0 Å². The summed E-state index contributed by atoms with van der Waals surface area (Å²) in [6.07, 6.45) is 1.79. The number of ether oxygens (including phenoxy) is 2. The van der Waals surface area contributed by atoms with Gasteiger partial charge in [0.25, 0.3) is 0 Å². The fraction of sp³-hybridized carbons (Fsp3) is 0.182. The summed E-state index contributed by atoms with van der Waals surface area (Å²) in [5.74, 6) is 1.19. The molecule has 0 bridgehead atoms. The van der Waals surface area contributed by atoms with E-state index in [2.05, 4.69) is 25.8 Å². The fourth-order valence-electron chi connectivity index (χ4n) is 2.92. The number of aromatic nitrogens is 5. The van der Waals surface area contributed by atoms with Crippen molar-refractivity contribution in [1.82, 2.24) is 30.5 Å². The van der Waals surface area contributed by atoms with Crippen molar-refractivity contribution in [1.29, 1.82) is 0 Å². The molecular formula is C22H24Cl2N6O2. The summed E-state index contributed by atoms with van der Waals surface area (Å²) < 4.78 is 13.3. The molecule has 0 aliphatic rings. The highest BCUT2D eigenvalue weighted by Gasteiger charge is 2.14. The van der Waals surface area contributed by atoms with Crippen molar-refractivity contribution < 1.29 is 9.47 Å². The average Bonchev–Trinajstić information content (AvgIpc) is 3.25. The quantitative estimate of drug-likeness (QED) is 0.384. The fourth-order valence-corrected chi connectivity index (χ4v) is 2.92. The minimum Gasteiger partial charge on any atom is -0.490 e. The first-order valence-electron chi connectivity index (χ1n) is 9.71. The van der Waals surface area contributed by atoms with E-state index < -0.39 is 0 Å². The molecule has 0 radical (unpaired) electrons. The molecule has 1 N–H and O–H groups in total. The molecule has 2 aromatic carbocycles. The molecular weight excluding hydrogens is 451 g/mol. The van der Waals surface area contributed by atoms with Crippen molar-refractivity contribution in [3.8, 4) is 23.2 Å². The normalized spacial score (nSPS) is 10.0. The molecule has 8 nitrogen and oxygen atoms in total. The van der Waals surface area contributed by atoms with Crippen LogP contribution >= 0.6 is 24.8 Å². The summed E-state index contributed by atoms with van der Waals surface area (Å²) in [5, 5.41) is 15.1. The maximum atomic E-state index is 5.99. The van der Waals surface area contributed by atoms with Crippen LogP contribution in [0.2, 0.25) is 0 Å². The molecule has 0 amide bonds. The van der Waals surface area contributed by atoms with Gasteiger partial charge in [0.1, 0.15) is 0 Å². The Morgan fingerprint density at radius 2 is 1.72 bits per heavy atom. The second-order valence-electron chi connectivity index (χ2n) is 6.45. The maximum absolute atomic E-state index is 5.99. The molecule has 10 heteroatoms. The van der Waals surface area contributed by atoms with Crippen molar-refractivity contribution in [2.75, 3.05) is 6.61 Å². The Morgan fingerprint density at radius 1 is 0.906 bits per heavy atom. The highest BCUT2D eigenvalue weighted by Crippen LogP contribution is 2.32. The van der Waals surface area contributed by atoms with E-state index in [0.717, 1.165) is 16.9 Å². The summed E-state index contributed by atoms with van der Waals surface area (Å²) in [6, 6.07) is 21.5. The molecule has 0 spiro atoms. The highest BCUT2D eigenvalue weighted by atomic mass is 35.5. The zero-order valence-electron chi connectivity index (χ0n) is 17.4. The molecule has 0 aliphatic carbocycles. The molecule has 0 saturated carbocycles. The van der Waals surface area contributed by atoms with Crippen LogP contribution in [0.3, 0.4) is 0 Å². The van der Waals surface area contributed by atoms with Gasteiger partial charge in [0.05, 0.1) is 18.0 Å². The molecule has 4 aromatic rings. The monoisotopic (exact) mass is 474 g/mol. The van der Waals surface area contributed by atoms with E-state index in [-0.39, 0.29) is 30.8 Å². The van der Waals surface area contributed by atoms with E-state index in [1.54, 1.807) is 6.20 Å². The minimum atomic E-state index is 0. The van der Waals surface area contributed by atoms with Gasteiger partial charge in [-0.1, -0.05) is 35.4 Å². The molecule has 32 heavy (non-hydrogen) atoms. The van der Waals surface area contributed by atoms with E-state index in [1.807, 2.05) is 73.7 Å². The molecule has 0 saturated heterocycles. The molecule has 2 heterocycles. The Kier molecular flexibility index (Phi) is 9.87. The third-order valence-electron chi connectivity index (χ3n) is 4.31. The zero-order valence-corrected chi connectivity index (χ0v) is 19.1. The lowest BCUT2D eigenvalue weighted by Gasteiger charge is -2.13. The Hall–Kier alpha value is -3.20. The summed E-state index contributed by atoms with van der Waals surface area (Å²) in [5.41, 5.74) is 2.88. The van der Waals surface area contributed by atoms with Gasteiger partial charge in [0.2, 0.25) is 0 Å². The standard InChI is InChI=1S/C22H22N6O2.2ClH/c1-2-29-21-14-17(15-23-16-18-8-6-7-13-24-18)11-12-20(21)30-22-25-26-27-28(22)19-9-4-3-5-10-19;;/h3-14,23H,2,15-16H2,1H3;2*1H. The molecule has 0 fully saturated rings. The van der Waals surface area contributed by atoms with Crippen LogP contribution in [0, 0.1) is 0 Å². The van der Waals surface area contributed by atoms with Crippen LogP contribution < -0.4 is 14.8 Å². The van der Waals surface area contributed by atoms with Gasteiger partial charge in [0, 0.05) is 19.3 Å². The van der Waals surface area contributed by atoms with E-state index in [4.69, 9.17) is 9.47 Å². The lowest BCUT2D eigenvalue weighted by molar-refractivity contribution is 0.315. The second kappa shape index (κ2) is 12.6. The summed E-state index contributed by atoms with van der Waals surface area (Å²) in [4.78, 5) is 4.32. The first-order chi connectivity index (χ1) is 14.8. The van der Waals surface area contributed by atoms with Gasteiger partial charge in [-0.25, -0.2) is 0 Å². The van der Waals surface area contributed by atoms with Gasteiger partial charge in [0.15, 0.2) is 11.5 Å². The smallest absolute Gasteiger partial charge is 0.346 e. The zero-order chi connectivity index (χ0) is 20.6. The van der Waals surface area contributed by atoms with E-state index in [1.165, 1.54) is 4.68 Å². The van der Waals surface area contributed by atoms with Gasteiger partial charge in [-0.2, -0.15) is 4.68 Å². The summed E-state index contributed by atoms with van der Waals surface area (Å²) >= 11 is 0. The summed E-state index contributed by atoms with van der Waals surface area (Å²) in [6.45, 7) is 3.82. The van der Waals surface area contributed by atoms with Crippen molar-refractivity contribution >= 4 is 24.8 Å². The maximum Gasteiger partial charge on any atom is 0.346 e. The minimum absolute atomic E-state index is 0. The predicted molar refractivity (Wildman–Crippen MR) is 126 cm³/mol. The van der Waals surface area contributed by atoms with Gasteiger partial charge >= 0.3 is 6.01 Å². The number of halogens is 2. The Bertz CT molecular complexity index is 1080. The topological polar surface area (TPSA) is 87.0 Å². The third kappa shape index (κ3) is 6.40. The van der Waals surface area contributed by atoms with Crippen molar-refractivity contribution in [3.05, 3.63) is 84.2 Å². The number of tetrazole rings is 1. The first-order valence-corrected chi connectivity index (χ1v) is 9.71. The van der Waals surface area contributed by atoms with Crippen LogP contribution in [0.1, 0.15) is 18.2 Å². The van der Waals surface area contributed by atoms with Gasteiger partial charge in [-0.3, -0.25) is 4.98 Å². The molecule has 168 valence electrons. The summed E-state index contributed by atoms with van der Waals surface area (Å²) in [7, 11) is 0. The number of hydrogen-bond donors (Lipinski definition) is 1. The van der Waals surface area contributed by atoms with Crippen LogP contribution in [0.4, 0.5) is 0 Å². The van der Waals surface area contributed by atoms with Gasteiger partial charge in [-0.15, -0.1) is 24.8 Å². The lowest BCUT2D eigenvalue weighted by atomic mass is 10.2. The SMILES string of the molecule is CCOc1cc(CNCc2ccccn2)ccc1Oc1nnnn1-c1ccccc1.Cl.Cl. The van der Waals surface area contributed by atoms with Crippen molar-refractivity contribution in [2.24, 2.45) is 0 Å². The van der Waals surface area contributed by atoms with Gasteiger partial charge in [-0.05, 0) is 59.3 Å². The van der Waals surface area contributed by atoms with Crippen molar-refractivity contribution in [2.45, 2.75) is 20.0 Å². The molecule has 4 rings (SSSR count). The number of nitrogens with zero attached hydrogens (tertiary/aromatic N) is 5. The number of hydrogen-bond acceptors (Lipinski definition) is 7. The van der Waals surface area contributed by atoms with Crippen molar-refractivity contribution in [3.63, 3.8) is 0 Å². The number of rotatable bonds is 9. The second-order valence-corrected chi connectivity index (χ2v) is 6.45. The lowest BCUT2D eigenvalue weighted by Crippen LogP contribution is -2.13. The highest BCUT2D eigenvalue weighted by molar-refractivity contribution is 5.85. The van der Waals surface area contributed by atoms with E-state index >= 15 is 0 Å². The van der Waals surface area contributed by atoms with E-state index in [0.29, 0.717) is 31.2 Å². The molecule has 0 aliphatic heterocycles. The third-order valence-corrected chi connectivity index (χ3v) is 4.31. The predicted octanol–water partition coefficient (Wildman–Crippen LogP) is 4.38. The molecule has 0 unspecified atom stereocenters. The molecule has 2 aromatic heterocycles. The number of pyridine rings is 1. The number of nitrogens with one attached hydrogen (secondary N) is 1. The Balaban J connectivity index is 0.00000181. The van der Waals surface area contributed by atoms with Crippen LogP contribution in [0.25, 0.3) is 5.69 Å². The van der Waals surface area contributed by atoms with Crippen LogP contribution in [-0.2, 0) is 13.1 Å². The largest absolute Gasteiger partial charge is 0.490 e. The van der Waals surface area contributed by atoms with Crippen LogP contribution in [0.15, 0.2) is 72.9 Å². The Labute approximate surface area is 198 Å². The number of para-hydroxylation sites is 1. The first kappa shape index (κ1) is 25.1.